The lowest BCUT2D eigenvalue weighted by atomic mass is 9.94. The highest BCUT2D eigenvalue weighted by Gasteiger charge is 2.49. The lowest BCUT2D eigenvalue weighted by Gasteiger charge is -2.38. The summed E-state index contributed by atoms with van der Waals surface area (Å²) in [5, 5.41) is 17.8. The summed E-state index contributed by atoms with van der Waals surface area (Å²) in [6.07, 6.45) is 2.50. The summed E-state index contributed by atoms with van der Waals surface area (Å²) in [5.41, 5.74) is -0.251. The van der Waals surface area contributed by atoms with E-state index in [9.17, 15) is 28.5 Å². The Morgan fingerprint density at radius 1 is 1.24 bits per heavy atom. The van der Waals surface area contributed by atoms with Crippen LogP contribution in [0.4, 0.5) is 20.2 Å². The van der Waals surface area contributed by atoms with Crippen molar-refractivity contribution in [2.45, 2.75) is 49.7 Å². The minimum atomic E-state index is -2.93. The van der Waals surface area contributed by atoms with Gasteiger partial charge in [-0.25, -0.2) is 8.78 Å². The number of piperidine rings is 2. The predicted octanol–water partition coefficient (Wildman–Crippen LogP) is 3.01. The Balaban J connectivity index is 1.36. The third kappa shape index (κ3) is 5.73. The Hall–Kier alpha value is -2.38. The van der Waals surface area contributed by atoms with Crippen LogP contribution in [0.1, 0.15) is 42.5 Å². The number of hydrogen-bond acceptors (Lipinski definition) is 7. The number of nitrogens with one attached hydrogen (secondary N) is 2. The van der Waals surface area contributed by atoms with Crippen molar-refractivity contribution in [1.29, 1.82) is 0 Å². The van der Waals surface area contributed by atoms with E-state index >= 15 is 0 Å². The van der Waals surface area contributed by atoms with Crippen molar-refractivity contribution in [3.63, 3.8) is 0 Å². The molecule has 1 spiro atoms. The molecule has 202 valence electrons. The van der Waals surface area contributed by atoms with Crippen molar-refractivity contribution < 1.29 is 28.0 Å². The molecule has 2 N–H and O–H groups in total. The molecule has 1 aromatic rings. The zero-order chi connectivity index (χ0) is 26.4. The van der Waals surface area contributed by atoms with Gasteiger partial charge in [0.1, 0.15) is 5.69 Å². The van der Waals surface area contributed by atoms with Crippen LogP contribution in [0.5, 0.6) is 0 Å². The molecule has 4 aliphatic rings. The van der Waals surface area contributed by atoms with E-state index in [1.165, 1.54) is 6.07 Å². The molecular formula is C24H30BrF2N5O5. The third-order valence-corrected chi connectivity index (χ3v) is 8.06. The monoisotopic (exact) mass is 585 g/mol. The maximum absolute atomic E-state index is 13.9. The number of carbonyl (C=O) groups is 2. The number of hydrogen-bond donors (Lipinski definition) is 2. The fourth-order valence-corrected chi connectivity index (χ4v) is 6.00. The van der Waals surface area contributed by atoms with Crippen LogP contribution in [-0.2, 0) is 9.53 Å². The molecule has 0 aromatic heterocycles. The van der Waals surface area contributed by atoms with E-state index in [0.717, 1.165) is 12.8 Å². The number of nitro benzene ring substituents is 1. The summed E-state index contributed by atoms with van der Waals surface area (Å²) in [7, 11) is 0. The predicted molar refractivity (Wildman–Crippen MR) is 134 cm³/mol. The molecule has 10 nitrogen and oxygen atoms in total. The van der Waals surface area contributed by atoms with E-state index in [1.807, 2.05) is 0 Å². The molecule has 2 atom stereocenters. The molecule has 4 fully saturated rings. The molecule has 37 heavy (non-hydrogen) atoms. The van der Waals surface area contributed by atoms with Gasteiger partial charge in [0.25, 0.3) is 17.5 Å². The van der Waals surface area contributed by atoms with E-state index in [1.54, 1.807) is 15.9 Å². The third-order valence-electron chi connectivity index (χ3n) is 7.60. The lowest BCUT2D eigenvalue weighted by Crippen LogP contribution is -2.53. The Morgan fingerprint density at radius 3 is 2.73 bits per heavy atom. The van der Waals surface area contributed by atoms with Gasteiger partial charge >= 0.3 is 0 Å². The maximum Gasteiger partial charge on any atom is 0.294 e. The van der Waals surface area contributed by atoms with Crippen LogP contribution in [-0.4, -0.2) is 90.0 Å². The molecule has 1 unspecified atom stereocenters. The molecule has 0 bridgehead atoms. The van der Waals surface area contributed by atoms with Crippen LogP contribution >= 0.6 is 15.9 Å². The standard InChI is InChI=1S/C24H30BrF2N5O5/c25-16-8-18(22(34)31-6-7-37-23(14-31)3-4-23)20(19(9-16)32(35)36)29-17-2-1-5-30(12-17)21(33)15-10-24(26,27)13-28-11-15/h8-9,15,17,28-29H,1-7,10-14H2/t15?,17-/m1/s1. The number of halogens is 3. The van der Waals surface area contributed by atoms with Gasteiger partial charge in [0.05, 0.1) is 41.7 Å². The molecule has 3 heterocycles. The van der Waals surface area contributed by atoms with Gasteiger partial charge in [-0.15, -0.1) is 0 Å². The Labute approximate surface area is 221 Å². The Kier molecular flexibility index (Phi) is 7.14. The van der Waals surface area contributed by atoms with Gasteiger partial charge in [-0.05, 0) is 31.7 Å². The van der Waals surface area contributed by atoms with Crippen molar-refractivity contribution >= 4 is 39.1 Å². The molecule has 0 radical (unpaired) electrons. The number of nitrogens with zero attached hydrogens (tertiary/aromatic N) is 3. The second kappa shape index (κ2) is 10.1. The van der Waals surface area contributed by atoms with Crippen molar-refractivity contribution in [3.05, 3.63) is 32.3 Å². The minimum Gasteiger partial charge on any atom is -0.374 e. The smallest absolute Gasteiger partial charge is 0.294 e. The first-order chi connectivity index (χ1) is 17.6. The van der Waals surface area contributed by atoms with Gasteiger partial charge in [0.2, 0.25) is 5.91 Å². The number of benzene rings is 1. The molecule has 3 saturated heterocycles. The summed E-state index contributed by atoms with van der Waals surface area (Å²) < 4.78 is 34.0. The van der Waals surface area contributed by atoms with E-state index in [-0.39, 0.29) is 53.5 Å². The number of anilines is 1. The number of likely N-dealkylation sites (tertiary alicyclic amines) is 1. The van der Waals surface area contributed by atoms with Gasteiger partial charge in [0.15, 0.2) is 0 Å². The van der Waals surface area contributed by atoms with Gasteiger partial charge in [-0.2, -0.15) is 0 Å². The molecule has 1 aromatic carbocycles. The van der Waals surface area contributed by atoms with Crippen molar-refractivity contribution in [3.8, 4) is 0 Å². The van der Waals surface area contributed by atoms with Gasteiger partial charge < -0.3 is 25.2 Å². The number of ether oxygens (including phenoxy) is 1. The first-order valence-corrected chi connectivity index (χ1v) is 13.4. The largest absolute Gasteiger partial charge is 0.374 e. The first kappa shape index (κ1) is 26.2. The Morgan fingerprint density at radius 2 is 2.03 bits per heavy atom. The summed E-state index contributed by atoms with van der Waals surface area (Å²) in [6.45, 7) is 1.66. The van der Waals surface area contributed by atoms with E-state index in [0.29, 0.717) is 43.6 Å². The highest BCUT2D eigenvalue weighted by molar-refractivity contribution is 9.10. The van der Waals surface area contributed by atoms with Crippen LogP contribution in [0.25, 0.3) is 0 Å². The van der Waals surface area contributed by atoms with Crippen LogP contribution in [0, 0.1) is 16.0 Å². The summed E-state index contributed by atoms with van der Waals surface area (Å²) in [6, 6.07) is 2.55. The summed E-state index contributed by atoms with van der Waals surface area (Å²) in [4.78, 5) is 41.3. The fourth-order valence-electron chi connectivity index (χ4n) is 5.55. The molecule has 1 aliphatic carbocycles. The number of rotatable bonds is 5. The lowest BCUT2D eigenvalue weighted by molar-refractivity contribution is -0.384. The van der Waals surface area contributed by atoms with Gasteiger partial charge in [0, 0.05) is 49.2 Å². The fraction of sp³-hybridized carbons (Fsp3) is 0.667. The molecule has 5 rings (SSSR count). The molecule has 2 amide bonds. The minimum absolute atomic E-state index is 0.111. The summed E-state index contributed by atoms with van der Waals surface area (Å²) in [5.74, 6) is -4.42. The van der Waals surface area contributed by atoms with Gasteiger partial charge in [-0.3, -0.25) is 19.7 Å². The average molecular weight is 586 g/mol. The van der Waals surface area contributed by atoms with E-state index in [2.05, 4.69) is 26.6 Å². The number of alkyl halides is 2. The van der Waals surface area contributed by atoms with Crippen LogP contribution in [0.15, 0.2) is 16.6 Å². The van der Waals surface area contributed by atoms with Crippen LogP contribution < -0.4 is 10.6 Å². The normalized spacial score (nSPS) is 26.6. The second-order valence-corrected chi connectivity index (χ2v) is 11.4. The number of nitro groups is 1. The zero-order valence-corrected chi connectivity index (χ0v) is 21.9. The van der Waals surface area contributed by atoms with Crippen LogP contribution in [0.2, 0.25) is 0 Å². The number of morpholine rings is 1. The van der Waals surface area contributed by atoms with E-state index < -0.39 is 29.7 Å². The van der Waals surface area contributed by atoms with Crippen molar-refractivity contribution in [1.82, 2.24) is 15.1 Å². The quantitative estimate of drug-likeness (QED) is 0.403. The van der Waals surface area contributed by atoms with Crippen molar-refractivity contribution in [2.24, 2.45) is 5.92 Å². The first-order valence-electron chi connectivity index (χ1n) is 12.6. The summed E-state index contributed by atoms with van der Waals surface area (Å²) >= 11 is 3.30. The Bertz CT molecular complexity index is 1100. The molecule has 3 aliphatic heterocycles. The number of amides is 2. The molecule has 1 saturated carbocycles. The van der Waals surface area contributed by atoms with E-state index in [4.69, 9.17) is 4.74 Å². The average Bonchev–Trinajstić information content (AvgIpc) is 3.61. The zero-order valence-electron chi connectivity index (χ0n) is 20.3. The highest BCUT2D eigenvalue weighted by atomic mass is 79.9. The van der Waals surface area contributed by atoms with Crippen molar-refractivity contribution in [2.75, 3.05) is 51.2 Å². The van der Waals surface area contributed by atoms with Gasteiger partial charge in [-0.1, -0.05) is 15.9 Å². The maximum atomic E-state index is 13.9. The number of carbonyl (C=O) groups excluding carboxylic acids is 2. The van der Waals surface area contributed by atoms with Crippen LogP contribution in [0.3, 0.4) is 0 Å². The SMILES string of the molecule is O=C(c1cc(Br)cc([N+](=O)[O-])c1N[C@@H]1CCCN(C(=O)C2CNCC(F)(F)C2)C1)N1CCOC2(CC2)C1. The molecule has 13 heteroatoms. The molecular weight excluding hydrogens is 556 g/mol. The topological polar surface area (TPSA) is 117 Å². The highest BCUT2D eigenvalue weighted by Crippen LogP contribution is 2.43. The second-order valence-electron chi connectivity index (χ2n) is 10.5.